The predicted octanol–water partition coefficient (Wildman–Crippen LogP) is 4.36. The monoisotopic (exact) mass is 366 g/mol. The van der Waals surface area contributed by atoms with Gasteiger partial charge in [-0.2, -0.15) is 0 Å². The Balaban J connectivity index is 1.36. The quantitative estimate of drug-likeness (QED) is 0.612. The van der Waals surface area contributed by atoms with Gasteiger partial charge in [0.15, 0.2) is 0 Å². The molecular weight excluding hydrogens is 344 g/mol. The average molecular weight is 366 g/mol. The molecule has 4 nitrogen and oxygen atoms in total. The molecule has 0 saturated heterocycles. The number of ether oxygens (including phenoxy) is 1. The van der Waals surface area contributed by atoms with Crippen molar-refractivity contribution in [3.05, 3.63) is 82.3 Å². The molecule has 134 valence electrons. The van der Waals surface area contributed by atoms with E-state index >= 15 is 0 Å². The first-order chi connectivity index (χ1) is 12.8. The Labute approximate surface area is 157 Å². The lowest BCUT2D eigenvalue weighted by molar-refractivity contribution is -0.121. The van der Waals surface area contributed by atoms with E-state index in [1.54, 1.807) is 23.7 Å². The van der Waals surface area contributed by atoms with Crippen LogP contribution in [0.4, 0.5) is 0 Å². The van der Waals surface area contributed by atoms with Gasteiger partial charge in [-0.1, -0.05) is 24.3 Å². The SMILES string of the molecule is O=C(CCCc1cccs1)NCc1ccc(OCc2cccnc2)cc1. The second-order valence-electron chi connectivity index (χ2n) is 6.00. The largest absolute Gasteiger partial charge is 0.489 e. The highest BCUT2D eigenvalue weighted by molar-refractivity contribution is 7.09. The number of nitrogens with zero attached hydrogens (tertiary/aromatic N) is 1. The second-order valence-corrected chi connectivity index (χ2v) is 7.04. The molecule has 0 saturated carbocycles. The van der Waals surface area contributed by atoms with Crippen molar-refractivity contribution in [2.45, 2.75) is 32.4 Å². The number of rotatable bonds is 9. The van der Waals surface area contributed by atoms with Crippen molar-refractivity contribution < 1.29 is 9.53 Å². The zero-order valence-electron chi connectivity index (χ0n) is 14.6. The fraction of sp³-hybridized carbons (Fsp3) is 0.238. The van der Waals surface area contributed by atoms with Crippen molar-refractivity contribution in [2.75, 3.05) is 0 Å². The molecule has 3 aromatic rings. The molecule has 0 aliphatic carbocycles. The van der Waals surface area contributed by atoms with Crippen LogP contribution in [0.25, 0.3) is 0 Å². The van der Waals surface area contributed by atoms with E-state index in [2.05, 4.69) is 21.7 Å². The Hall–Kier alpha value is -2.66. The van der Waals surface area contributed by atoms with Crippen LogP contribution in [0.15, 0.2) is 66.3 Å². The van der Waals surface area contributed by atoms with Gasteiger partial charge in [-0.25, -0.2) is 0 Å². The molecule has 1 N–H and O–H groups in total. The molecule has 0 aliphatic heterocycles. The summed E-state index contributed by atoms with van der Waals surface area (Å²) in [7, 11) is 0. The fourth-order valence-corrected chi connectivity index (χ4v) is 3.27. The Bertz CT molecular complexity index is 787. The van der Waals surface area contributed by atoms with Gasteiger partial charge >= 0.3 is 0 Å². The molecule has 0 radical (unpaired) electrons. The van der Waals surface area contributed by atoms with Gasteiger partial charge in [0.2, 0.25) is 5.91 Å². The average Bonchev–Trinajstić information content (AvgIpc) is 3.20. The summed E-state index contributed by atoms with van der Waals surface area (Å²) >= 11 is 1.74. The van der Waals surface area contributed by atoms with Crippen LogP contribution in [0.3, 0.4) is 0 Å². The first-order valence-electron chi connectivity index (χ1n) is 8.69. The summed E-state index contributed by atoms with van der Waals surface area (Å²) in [5, 5.41) is 5.04. The maximum absolute atomic E-state index is 11.9. The number of aryl methyl sites for hydroxylation is 1. The minimum Gasteiger partial charge on any atom is -0.489 e. The lowest BCUT2D eigenvalue weighted by atomic mass is 10.2. The van der Waals surface area contributed by atoms with Crippen LogP contribution in [-0.4, -0.2) is 10.9 Å². The van der Waals surface area contributed by atoms with Crippen molar-refractivity contribution in [1.82, 2.24) is 10.3 Å². The number of thiophene rings is 1. The molecule has 0 spiro atoms. The van der Waals surface area contributed by atoms with Crippen molar-refractivity contribution >= 4 is 17.2 Å². The lowest BCUT2D eigenvalue weighted by Crippen LogP contribution is -2.22. The van der Waals surface area contributed by atoms with Crippen LogP contribution in [0.1, 0.15) is 28.8 Å². The van der Waals surface area contributed by atoms with Crippen molar-refractivity contribution in [2.24, 2.45) is 0 Å². The van der Waals surface area contributed by atoms with Gasteiger partial charge < -0.3 is 10.1 Å². The van der Waals surface area contributed by atoms with Gasteiger partial charge in [-0.15, -0.1) is 11.3 Å². The van der Waals surface area contributed by atoms with Crippen LogP contribution in [-0.2, 0) is 24.4 Å². The predicted molar refractivity (Wildman–Crippen MR) is 104 cm³/mol. The van der Waals surface area contributed by atoms with E-state index in [0.717, 1.165) is 29.7 Å². The summed E-state index contributed by atoms with van der Waals surface area (Å²) < 4.78 is 5.73. The van der Waals surface area contributed by atoms with Gasteiger partial charge in [0, 0.05) is 35.8 Å². The molecule has 2 aromatic heterocycles. The number of carbonyl (C=O) groups excluding carboxylic acids is 1. The highest BCUT2D eigenvalue weighted by Gasteiger charge is 2.03. The van der Waals surface area contributed by atoms with E-state index < -0.39 is 0 Å². The molecule has 1 aromatic carbocycles. The number of nitrogens with one attached hydrogen (secondary N) is 1. The Kier molecular flexibility index (Phi) is 6.79. The third kappa shape index (κ3) is 6.01. The van der Waals surface area contributed by atoms with Gasteiger partial charge in [0.1, 0.15) is 12.4 Å². The Morgan fingerprint density at radius 3 is 2.69 bits per heavy atom. The van der Waals surface area contributed by atoms with Crippen LogP contribution in [0, 0.1) is 0 Å². The molecule has 1 amide bonds. The molecule has 26 heavy (non-hydrogen) atoms. The summed E-state index contributed by atoms with van der Waals surface area (Å²) in [5.74, 6) is 0.901. The molecule has 0 atom stereocenters. The topological polar surface area (TPSA) is 51.2 Å². The highest BCUT2D eigenvalue weighted by atomic mass is 32.1. The second kappa shape index (κ2) is 9.73. The zero-order chi connectivity index (χ0) is 18.0. The standard InChI is InChI=1S/C21H22N2O2S/c24-21(7-1-5-20-6-3-13-26-20)23-15-17-8-10-19(11-9-17)25-16-18-4-2-12-22-14-18/h2-4,6,8-14H,1,5,7,15-16H2,(H,23,24). The van der Waals surface area contributed by atoms with E-state index in [0.29, 0.717) is 19.6 Å². The molecule has 5 heteroatoms. The molecule has 0 unspecified atom stereocenters. The minimum absolute atomic E-state index is 0.0958. The number of pyridine rings is 1. The summed E-state index contributed by atoms with van der Waals surface area (Å²) in [6.07, 6.45) is 5.95. The molecule has 0 aliphatic rings. The maximum Gasteiger partial charge on any atom is 0.220 e. The van der Waals surface area contributed by atoms with Crippen LogP contribution in [0.2, 0.25) is 0 Å². The molecule has 0 fully saturated rings. The van der Waals surface area contributed by atoms with E-state index in [4.69, 9.17) is 4.74 Å². The molecule has 2 heterocycles. The number of hydrogen-bond acceptors (Lipinski definition) is 4. The first kappa shape index (κ1) is 18.1. The zero-order valence-corrected chi connectivity index (χ0v) is 15.4. The van der Waals surface area contributed by atoms with E-state index in [1.807, 2.05) is 42.5 Å². The van der Waals surface area contributed by atoms with Crippen molar-refractivity contribution in [3.8, 4) is 5.75 Å². The minimum atomic E-state index is 0.0958. The summed E-state index contributed by atoms with van der Waals surface area (Å²) in [5.41, 5.74) is 2.09. The summed E-state index contributed by atoms with van der Waals surface area (Å²) in [6.45, 7) is 1.04. The van der Waals surface area contributed by atoms with Crippen LogP contribution in [0.5, 0.6) is 5.75 Å². The number of aromatic nitrogens is 1. The van der Waals surface area contributed by atoms with E-state index in [1.165, 1.54) is 4.88 Å². The third-order valence-electron chi connectivity index (χ3n) is 3.95. The van der Waals surface area contributed by atoms with Crippen molar-refractivity contribution in [3.63, 3.8) is 0 Å². The molecular formula is C21H22N2O2S. The maximum atomic E-state index is 11.9. The lowest BCUT2D eigenvalue weighted by Gasteiger charge is -2.08. The smallest absolute Gasteiger partial charge is 0.220 e. The molecule has 0 bridgehead atoms. The van der Waals surface area contributed by atoms with Crippen LogP contribution >= 0.6 is 11.3 Å². The normalized spacial score (nSPS) is 10.5. The van der Waals surface area contributed by atoms with Gasteiger partial charge in [-0.3, -0.25) is 9.78 Å². The number of benzene rings is 1. The number of carbonyl (C=O) groups is 1. The van der Waals surface area contributed by atoms with Gasteiger partial charge in [-0.05, 0) is 48.1 Å². The highest BCUT2D eigenvalue weighted by Crippen LogP contribution is 2.14. The van der Waals surface area contributed by atoms with Crippen LogP contribution < -0.4 is 10.1 Å². The summed E-state index contributed by atoms with van der Waals surface area (Å²) in [4.78, 5) is 17.3. The Morgan fingerprint density at radius 1 is 1.08 bits per heavy atom. The fourth-order valence-electron chi connectivity index (χ4n) is 2.52. The number of amides is 1. The Morgan fingerprint density at radius 2 is 1.96 bits per heavy atom. The van der Waals surface area contributed by atoms with E-state index in [-0.39, 0.29) is 5.91 Å². The molecule has 3 rings (SSSR count). The van der Waals surface area contributed by atoms with E-state index in [9.17, 15) is 4.79 Å². The first-order valence-corrected chi connectivity index (χ1v) is 9.57. The van der Waals surface area contributed by atoms with Gasteiger partial charge in [0.25, 0.3) is 0 Å². The third-order valence-corrected chi connectivity index (χ3v) is 4.88. The van der Waals surface area contributed by atoms with Gasteiger partial charge in [0.05, 0.1) is 0 Å². The summed E-state index contributed by atoms with van der Waals surface area (Å²) in [6, 6.07) is 15.8. The van der Waals surface area contributed by atoms with Crippen molar-refractivity contribution in [1.29, 1.82) is 0 Å². The number of hydrogen-bond donors (Lipinski definition) is 1.